The van der Waals surface area contributed by atoms with Crippen LogP contribution < -0.4 is 0 Å². The van der Waals surface area contributed by atoms with E-state index < -0.39 is 18.2 Å². The molecule has 0 aromatic heterocycles. The predicted molar refractivity (Wildman–Crippen MR) is 53.8 cm³/mol. The van der Waals surface area contributed by atoms with E-state index in [0.29, 0.717) is 5.56 Å². The summed E-state index contributed by atoms with van der Waals surface area (Å²) in [5, 5.41) is 0. The molecule has 1 aromatic rings. The van der Waals surface area contributed by atoms with Crippen LogP contribution in [0.3, 0.4) is 0 Å². The average Bonchev–Trinajstić information content (AvgIpc) is 2.17. The van der Waals surface area contributed by atoms with Gasteiger partial charge in [-0.3, -0.25) is 0 Å². The van der Waals surface area contributed by atoms with Crippen LogP contribution in [0.15, 0.2) is 24.3 Å². The van der Waals surface area contributed by atoms with Gasteiger partial charge in [0.05, 0.1) is 5.56 Å². The summed E-state index contributed by atoms with van der Waals surface area (Å²) in [5.41, 5.74) is 0.218. The van der Waals surface area contributed by atoms with Crippen molar-refractivity contribution in [2.24, 2.45) is 0 Å². The molecule has 0 aliphatic carbocycles. The highest BCUT2D eigenvalue weighted by molar-refractivity contribution is 6.61. The molecule has 0 bridgehead atoms. The van der Waals surface area contributed by atoms with E-state index in [4.69, 9.17) is 11.6 Å². The van der Waals surface area contributed by atoms with Gasteiger partial charge in [-0.05, 0) is 18.6 Å². The Bertz CT molecular complexity index is 375. The van der Waals surface area contributed by atoms with Crippen molar-refractivity contribution in [3.05, 3.63) is 35.4 Å². The highest BCUT2D eigenvalue weighted by atomic mass is 35.5. The Kier molecular flexibility index (Phi) is 4.12. The van der Waals surface area contributed by atoms with Crippen LogP contribution in [-0.4, -0.2) is 18.2 Å². The van der Waals surface area contributed by atoms with Crippen molar-refractivity contribution in [3.8, 4) is 0 Å². The van der Waals surface area contributed by atoms with Crippen LogP contribution in [-0.2, 0) is 9.47 Å². The van der Waals surface area contributed by atoms with E-state index in [1.807, 2.05) is 6.07 Å². The zero-order chi connectivity index (χ0) is 11.3. The van der Waals surface area contributed by atoms with Gasteiger partial charge in [0, 0.05) is 11.6 Å². The van der Waals surface area contributed by atoms with Crippen molar-refractivity contribution in [3.63, 3.8) is 0 Å². The van der Waals surface area contributed by atoms with E-state index in [1.165, 1.54) is 0 Å². The molecule has 4 nitrogen and oxygen atoms in total. The molecule has 15 heavy (non-hydrogen) atoms. The minimum Gasteiger partial charge on any atom is -0.424 e. The highest BCUT2D eigenvalue weighted by Crippen LogP contribution is 2.08. The van der Waals surface area contributed by atoms with E-state index in [0.717, 1.165) is 5.56 Å². The van der Waals surface area contributed by atoms with Gasteiger partial charge in [0.2, 0.25) is 6.79 Å². The lowest BCUT2D eigenvalue weighted by Gasteiger charge is -2.05. The van der Waals surface area contributed by atoms with Crippen LogP contribution in [0.5, 0.6) is 0 Å². The van der Waals surface area contributed by atoms with Gasteiger partial charge in [-0.2, -0.15) is 0 Å². The number of ether oxygens (including phenoxy) is 2. The normalized spacial score (nSPS) is 9.47. The Balaban J connectivity index is 2.54. The maximum atomic E-state index is 11.4. The number of aryl methyl sites for hydroxylation is 1. The molecule has 0 unspecified atom stereocenters. The molecular weight excluding hydrogens is 220 g/mol. The monoisotopic (exact) mass is 228 g/mol. The van der Waals surface area contributed by atoms with Crippen LogP contribution in [0.4, 0.5) is 4.79 Å². The largest absolute Gasteiger partial charge is 0.424 e. The Morgan fingerprint density at radius 1 is 1.27 bits per heavy atom. The molecule has 0 aliphatic rings. The first-order valence-corrected chi connectivity index (χ1v) is 4.54. The Morgan fingerprint density at radius 2 is 1.93 bits per heavy atom. The minimum atomic E-state index is -1.01. The second-order valence-electron chi connectivity index (χ2n) is 2.75. The minimum absolute atomic E-state index is 0.433. The molecule has 0 radical (unpaired) electrons. The van der Waals surface area contributed by atoms with Gasteiger partial charge in [-0.15, -0.1) is 0 Å². The van der Waals surface area contributed by atoms with Crippen molar-refractivity contribution in [2.45, 2.75) is 6.92 Å². The number of esters is 1. The Hall–Kier alpha value is -1.55. The molecule has 1 aromatic carbocycles. The van der Waals surface area contributed by atoms with Gasteiger partial charge in [-0.1, -0.05) is 18.2 Å². The fourth-order valence-corrected chi connectivity index (χ4v) is 1.05. The third kappa shape index (κ3) is 3.59. The van der Waals surface area contributed by atoms with Crippen LogP contribution in [0.2, 0.25) is 0 Å². The molecule has 80 valence electrons. The number of hydrogen-bond donors (Lipinski definition) is 0. The number of rotatable bonds is 3. The summed E-state index contributed by atoms with van der Waals surface area (Å²) in [6.07, 6.45) is 0. The molecule has 0 amide bonds. The van der Waals surface area contributed by atoms with Crippen molar-refractivity contribution in [1.82, 2.24) is 0 Å². The topological polar surface area (TPSA) is 52.6 Å². The summed E-state index contributed by atoms with van der Waals surface area (Å²) in [5.74, 6) is -0.550. The molecular formula is C10H9ClO4. The van der Waals surface area contributed by atoms with Crippen LogP contribution in [0.25, 0.3) is 0 Å². The van der Waals surface area contributed by atoms with Gasteiger partial charge < -0.3 is 9.47 Å². The van der Waals surface area contributed by atoms with E-state index in [1.54, 1.807) is 25.1 Å². The first-order valence-electron chi connectivity index (χ1n) is 4.16. The molecule has 5 heteroatoms. The number of halogens is 1. The third-order valence-electron chi connectivity index (χ3n) is 1.73. The van der Waals surface area contributed by atoms with Gasteiger partial charge in [0.1, 0.15) is 0 Å². The molecule has 0 saturated heterocycles. The van der Waals surface area contributed by atoms with Gasteiger partial charge in [0.15, 0.2) is 0 Å². The van der Waals surface area contributed by atoms with Crippen molar-refractivity contribution in [2.75, 3.05) is 6.79 Å². The summed E-state index contributed by atoms with van der Waals surface area (Å²) in [7, 11) is 0. The van der Waals surface area contributed by atoms with Gasteiger partial charge in [0.25, 0.3) is 0 Å². The number of hydrogen-bond acceptors (Lipinski definition) is 4. The van der Waals surface area contributed by atoms with E-state index >= 15 is 0 Å². The second kappa shape index (κ2) is 5.36. The fraction of sp³-hybridized carbons (Fsp3) is 0.200. The van der Waals surface area contributed by atoms with Gasteiger partial charge >= 0.3 is 11.4 Å². The lowest BCUT2D eigenvalue weighted by Crippen LogP contribution is -2.10. The second-order valence-corrected chi connectivity index (χ2v) is 3.06. The predicted octanol–water partition coefficient (Wildman–Crippen LogP) is 2.48. The molecule has 0 heterocycles. The van der Waals surface area contributed by atoms with E-state index in [-0.39, 0.29) is 0 Å². The highest BCUT2D eigenvalue weighted by Gasteiger charge is 2.09. The first-order chi connectivity index (χ1) is 7.11. The van der Waals surface area contributed by atoms with Crippen molar-refractivity contribution < 1.29 is 19.1 Å². The quantitative estimate of drug-likeness (QED) is 0.453. The maximum absolute atomic E-state index is 11.4. The van der Waals surface area contributed by atoms with Gasteiger partial charge in [-0.25, -0.2) is 9.59 Å². The average molecular weight is 229 g/mol. The zero-order valence-corrected chi connectivity index (χ0v) is 8.78. The smallest absolute Gasteiger partial charge is 0.406 e. The van der Waals surface area contributed by atoms with Crippen molar-refractivity contribution in [1.29, 1.82) is 0 Å². The van der Waals surface area contributed by atoms with E-state index in [9.17, 15) is 9.59 Å². The van der Waals surface area contributed by atoms with Crippen molar-refractivity contribution >= 4 is 23.0 Å². The zero-order valence-electron chi connectivity index (χ0n) is 8.03. The van der Waals surface area contributed by atoms with E-state index in [2.05, 4.69) is 9.47 Å². The summed E-state index contributed by atoms with van der Waals surface area (Å²) < 4.78 is 8.91. The Morgan fingerprint density at radius 3 is 2.53 bits per heavy atom. The Labute approximate surface area is 91.7 Å². The van der Waals surface area contributed by atoms with Crippen LogP contribution >= 0.6 is 11.6 Å². The molecule has 0 N–H and O–H groups in total. The summed E-state index contributed by atoms with van der Waals surface area (Å²) in [6, 6.07) is 6.94. The SMILES string of the molecule is Cc1ccccc1C(=O)OCOC(=O)Cl. The molecule has 1 rings (SSSR count). The summed E-state index contributed by atoms with van der Waals surface area (Å²) in [6.45, 7) is 1.31. The number of carbonyl (C=O) groups excluding carboxylic acids is 2. The molecule has 0 fully saturated rings. The molecule has 0 saturated carbocycles. The fourth-order valence-electron chi connectivity index (χ4n) is 1.01. The molecule has 0 spiro atoms. The third-order valence-corrected chi connectivity index (χ3v) is 1.84. The van der Waals surface area contributed by atoms with Crippen LogP contribution in [0.1, 0.15) is 15.9 Å². The maximum Gasteiger partial charge on any atom is 0.406 e. The summed E-state index contributed by atoms with van der Waals surface area (Å²) in [4.78, 5) is 21.6. The standard InChI is InChI=1S/C10H9ClO4/c1-7-4-2-3-5-8(7)9(12)14-6-15-10(11)13/h2-5H,6H2,1H3. The number of carbonyl (C=O) groups is 2. The number of benzene rings is 1. The molecule has 0 atom stereocenters. The van der Waals surface area contributed by atoms with Crippen LogP contribution in [0, 0.1) is 6.92 Å². The molecule has 0 aliphatic heterocycles. The first kappa shape index (κ1) is 11.5. The lowest BCUT2D eigenvalue weighted by molar-refractivity contribution is 0.00366. The lowest BCUT2D eigenvalue weighted by atomic mass is 10.1. The summed E-state index contributed by atoms with van der Waals surface area (Å²) >= 11 is 4.89.